The third-order valence-electron chi connectivity index (χ3n) is 3.15. The second-order valence-electron chi connectivity index (χ2n) is 4.48. The maximum Gasteiger partial charge on any atom is 0.356 e. The van der Waals surface area contributed by atoms with Crippen LogP contribution in [0.5, 0.6) is 0 Å². The zero-order valence-electron chi connectivity index (χ0n) is 11.0. The fraction of sp³-hybridized carbons (Fsp3) is 0.636. The molecular formula is C11H16N2O5S2. The lowest BCUT2D eigenvalue weighted by molar-refractivity contribution is 0.0687. The molecule has 1 aliphatic rings. The molecule has 1 N–H and O–H groups in total. The van der Waals surface area contributed by atoms with Gasteiger partial charge in [0.2, 0.25) is 0 Å². The Kier molecular flexibility index (Phi) is 4.74. The van der Waals surface area contributed by atoms with E-state index in [1.54, 1.807) is 6.92 Å². The fourth-order valence-corrected chi connectivity index (χ4v) is 4.89. The Hall–Kier alpha value is -1.03. The number of thiazole rings is 1. The first-order valence-corrected chi connectivity index (χ1v) is 8.53. The molecule has 0 radical (unpaired) electrons. The van der Waals surface area contributed by atoms with Crippen LogP contribution in [-0.2, 0) is 14.8 Å². The molecule has 0 aliphatic carbocycles. The van der Waals surface area contributed by atoms with E-state index >= 15 is 0 Å². The highest BCUT2D eigenvalue weighted by Gasteiger charge is 2.32. The van der Waals surface area contributed by atoms with Gasteiger partial charge in [-0.05, 0) is 12.3 Å². The van der Waals surface area contributed by atoms with E-state index in [9.17, 15) is 13.2 Å². The number of carbonyl (C=O) groups is 1. The van der Waals surface area contributed by atoms with Crippen LogP contribution in [0.2, 0.25) is 0 Å². The zero-order valence-corrected chi connectivity index (χ0v) is 12.6. The Morgan fingerprint density at radius 3 is 2.95 bits per heavy atom. The second kappa shape index (κ2) is 6.17. The van der Waals surface area contributed by atoms with Gasteiger partial charge in [-0.3, -0.25) is 0 Å². The monoisotopic (exact) mass is 320 g/mol. The Morgan fingerprint density at radius 1 is 1.65 bits per heavy atom. The lowest BCUT2D eigenvalue weighted by Gasteiger charge is -2.22. The summed E-state index contributed by atoms with van der Waals surface area (Å²) in [5.41, 5.74) is 0.833. The number of ether oxygens (including phenoxy) is 1. The van der Waals surface area contributed by atoms with E-state index in [-0.39, 0.29) is 16.7 Å². The van der Waals surface area contributed by atoms with Gasteiger partial charge in [0.1, 0.15) is 0 Å². The maximum absolute atomic E-state index is 12.5. The lowest BCUT2D eigenvalue weighted by atomic mass is 10.1. The summed E-state index contributed by atoms with van der Waals surface area (Å²) < 4.78 is 31.4. The van der Waals surface area contributed by atoms with Crippen LogP contribution >= 0.6 is 11.3 Å². The Balaban J connectivity index is 2.26. The first kappa shape index (κ1) is 15.4. The van der Waals surface area contributed by atoms with E-state index < -0.39 is 21.7 Å². The van der Waals surface area contributed by atoms with Crippen LogP contribution in [0.25, 0.3) is 0 Å². The van der Waals surface area contributed by atoms with Crippen LogP contribution in [0.3, 0.4) is 0 Å². The zero-order chi connectivity index (χ0) is 14.8. The first-order chi connectivity index (χ1) is 9.46. The summed E-state index contributed by atoms with van der Waals surface area (Å²) in [6.07, 6.45) is 0.820. The summed E-state index contributed by atoms with van der Waals surface area (Å²) in [6, 6.07) is 0. The van der Waals surface area contributed by atoms with Crippen LogP contribution in [0.15, 0.2) is 9.72 Å². The van der Waals surface area contributed by atoms with Crippen molar-refractivity contribution < 1.29 is 23.1 Å². The van der Waals surface area contributed by atoms with Crippen LogP contribution in [0.4, 0.5) is 0 Å². The molecule has 112 valence electrons. The van der Waals surface area contributed by atoms with Crippen molar-refractivity contribution >= 4 is 27.3 Å². The highest BCUT2D eigenvalue weighted by molar-refractivity contribution is 7.91. The number of sulfonamides is 1. The SMILES string of the molecule is CCN(CC1CCOC1)S(=O)(=O)c1scnc1C(=O)O. The molecule has 2 heterocycles. The molecule has 1 fully saturated rings. The minimum Gasteiger partial charge on any atom is -0.476 e. The quantitative estimate of drug-likeness (QED) is 0.836. The molecule has 20 heavy (non-hydrogen) atoms. The molecule has 1 aromatic heterocycles. The van der Waals surface area contributed by atoms with Gasteiger partial charge in [0.25, 0.3) is 10.0 Å². The van der Waals surface area contributed by atoms with Crippen LogP contribution in [0, 0.1) is 5.92 Å². The number of nitrogens with zero attached hydrogens (tertiary/aromatic N) is 2. The summed E-state index contributed by atoms with van der Waals surface area (Å²) in [7, 11) is -3.82. The van der Waals surface area contributed by atoms with Gasteiger partial charge in [-0.2, -0.15) is 4.31 Å². The molecule has 9 heteroatoms. The fourth-order valence-electron chi connectivity index (χ4n) is 2.09. The molecule has 1 aliphatic heterocycles. The van der Waals surface area contributed by atoms with Gasteiger partial charge in [-0.15, -0.1) is 11.3 Å². The van der Waals surface area contributed by atoms with E-state index in [0.29, 0.717) is 19.8 Å². The van der Waals surface area contributed by atoms with Crippen LogP contribution in [0.1, 0.15) is 23.8 Å². The topological polar surface area (TPSA) is 96.8 Å². The molecule has 1 saturated heterocycles. The van der Waals surface area contributed by atoms with Crippen molar-refractivity contribution in [3.05, 3.63) is 11.2 Å². The van der Waals surface area contributed by atoms with Crippen LogP contribution < -0.4 is 0 Å². The van der Waals surface area contributed by atoms with Crippen molar-refractivity contribution in [2.24, 2.45) is 5.92 Å². The third kappa shape index (κ3) is 3.00. The number of rotatable bonds is 6. The molecule has 0 aromatic carbocycles. The molecule has 0 bridgehead atoms. The largest absolute Gasteiger partial charge is 0.476 e. The average molecular weight is 320 g/mol. The minimum absolute atomic E-state index is 0.158. The van der Waals surface area contributed by atoms with E-state index in [1.807, 2.05) is 0 Å². The van der Waals surface area contributed by atoms with Crippen molar-refractivity contribution in [3.63, 3.8) is 0 Å². The van der Waals surface area contributed by atoms with E-state index in [0.717, 1.165) is 17.8 Å². The molecular weight excluding hydrogens is 304 g/mol. The number of hydrogen-bond acceptors (Lipinski definition) is 6. The van der Waals surface area contributed by atoms with Gasteiger partial charge in [-0.25, -0.2) is 18.2 Å². The highest BCUT2D eigenvalue weighted by atomic mass is 32.2. The Bertz CT molecular complexity index is 577. The molecule has 2 rings (SSSR count). The van der Waals surface area contributed by atoms with Crippen LogP contribution in [-0.4, -0.2) is 55.1 Å². The summed E-state index contributed by atoms with van der Waals surface area (Å²) in [6.45, 7) is 3.55. The van der Waals surface area contributed by atoms with Crippen molar-refractivity contribution in [1.29, 1.82) is 0 Å². The Labute approximate surface area is 121 Å². The number of carboxylic acid groups (broad SMARTS) is 1. The molecule has 1 aromatic rings. The van der Waals surface area contributed by atoms with Gasteiger partial charge in [-0.1, -0.05) is 6.92 Å². The molecule has 1 atom stereocenters. The molecule has 0 amide bonds. The number of aromatic carboxylic acids is 1. The summed E-state index contributed by atoms with van der Waals surface area (Å²) in [5.74, 6) is -1.17. The summed E-state index contributed by atoms with van der Waals surface area (Å²) in [5, 5.41) is 9.00. The van der Waals surface area contributed by atoms with Crippen molar-refractivity contribution in [1.82, 2.24) is 9.29 Å². The predicted molar refractivity (Wildman–Crippen MR) is 72.4 cm³/mol. The first-order valence-electron chi connectivity index (χ1n) is 6.21. The van der Waals surface area contributed by atoms with Gasteiger partial charge >= 0.3 is 5.97 Å². The van der Waals surface area contributed by atoms with Crippen molar-refractivity contribution in [2.45, 2.75) is 17.6 Å². The second-order valence-corrected chi connectivity index (χ2v) is 7.47. The minimum atomic E-state index is -3.82. The Morgan fingerprint density at radius 2 is 2.40 bits per heavy atom. The van der Waals surface area contributed by atoms with Crippen molar-refractivity contribution in [2.75, 3.05) is 26.3 Å². The highest BCUT2D eigenvalue weighted by Crippen LogP contribution is 2.26. The number of carboxylic acids is 1. The number of hydrogen-bond donors (Lipinski definition) is 1. The maximum atomic E-state index is 12.5. The predicted octanol–water partition coefficient (Wildman–Crippen LogP) is 0.888. The molecule has 0 saturated carbocycles. The van der Waals surface area contributed by atoms with Gasteiger partial charge < -0.3 is 9.84 Å². The lowest BCUT2D eigenvalue weighted by Crippen LogP contribution is -2.35. The smallest absolute Gasteiger partial charge is 0.356 e. The standard InChI is InChI=1S/C11H16N2O5S2/c1-2-13(5-8-3-4-18-6-8)20(16,17)11-9(10(14)15)12-7-19-11/h7-8H,2-6H2,1H3,(H,14,15). The van der Waals surface area contributed by atoms with Gasteiger partial charge in [0, 0.05) is 19.7 Å². The average Bonchev–Trinajstić information content (AvgIpc) is 3.06. The van der Waals surface area contributed by atoms with Gasteiger partial charge in [0.15, 0.2) is 9.90 Å². The number of aromatic nitrogens is 1. The van der Waals surface area contributed by atoms with Gasteiger partial charge in [0.05, 0.1) is 12.1 Å². The van der Waals surface area contributed by atoms with Crippen molar-refractivity contribution in [3.8, 4) is 0 Å². The van der Waals surface area contributed by atoms with E-state index in [1.165, 1.54) is 9.82 Å². The normalized spacial score (nSPS) is 19.6. The molecule has 7 nitrogen and oxygen atoms in total. The van der Waals surface area contributed by atoms with E-state index in [2.05, 4.69) is 4.98 Å². The summed E-state index contributed by atoms with van der Waals surface area (Å²) >= 11 is 0.834. The van der Waals surface area contributed by atoms with E-state index in [4.69, 9.17) is 9.84 Å². The molecule has 1 unspecified atom stereocenters. The summed E-state index contributed by atoms with van der Waals surface area (Å²) in [4.78, 5) is 14.6. The molecule has 0 spiro atoms. The third-order valence-corrected chi connectivity index (χ3v) is 6.44.